The molecule has 1 aliphatic rings. The van der Waals surface area contributed by atoms with Gasteiger partial charge in [0.2, 0.25) is 0 Å². The molecule has 78 valence electrons. The van der Waals surface area contributed by atoms with Crippen molar-refractivity contribution in [2.45, 2.75) is 32.1 Å². The fraction of sp³-hybridized carbons (Fsp3) is 0.727. The minimum Gasteiger partial charge on any atom is -0.319 e. The SMILES string of the molecule is CNCC1(Cc2nccs2)CCCC1. The van der Waals surface area contributed by atoms with Crippen LogP contribution in [0.15, 0.2) is 11.6 Å². The van der Waals surface area contributed by atoms with Gasteiger partial charge in [-0.15, -0.1) is 11.3 Å². The zero-order chi connectivity index (χ0) is 9.86. The second-order valence-corrected chi connectivity index (χ2v) is 5.32. The van der Waals surface area contributed by atoms with Crippen molar-refractivity contribution in [1.82, 2.24) is 10.3 Å². The van der Waals surface area contributed by atoms with E-state index in [2.05, 4.69) is 22.7 Å². The predicted molar refractivity (Wildman–Crippen MR) is 60.6 cm³/mol. The van der Waals surface area contributed by atoms with Gasteiger partial charge in [0, 0.05) is 24.5 Å². The van der Waals surface area contributed by atoms with Gasteiger partial charge < -0.3 is 5.32 Å². The largest absolute Gasteiger partial charge is 0.319 e. The summed E-state index contributed by atoms with van der Waals surface area (Å²) in [7, 11) is 2.06. The Morgan fingerprint density at radius 2 is 2.29 bits per heavy atom. The number of hydrogen-bond acceptors (Lipinski definition) is 3. The Bertz CT molecular complexity index is 263. The first kappa shape index (κ1) is 10.1. The quantitative estimate of drug-likeness (QED) is 0.826. The third kappa shape index (κ3) is 2.15. The monoisotopic (exact) mass is 210 g/mol. The van der Waals surface area contributed by atoms with Gasteiger partial charge in [-0.25, -0.2) is 4.98 Å². The molecule has 0 spiro atoms. The smallest absolute Gasteiger partial charge is 0.0930 e. The normalized spacial score (nSPS) is 20.1. The van der Waals surface area contributed by atoms with Crippen LogP contribution in [-0.4, -0.2) is 18.6 Å². The Kier molecular flexibility index (Phi) is 3.19. The van der Waals surface area contributed by atoms with Crippen molar-refractivity contribution >= 4 is 11.3 Å². The third-order valence-electron chi connectivity index (χ3n) is 3.23. The zero-order valence-corrected chi connectivity index (χ0v) is 9.57. The number of aromatic nitrogens is 1. The standard InChI is InChI=1S/C11H18N2S/c1-12-9-11(4-2-3-5-11)8-10-13-6-7-14-10/h6-7,12H,2-5,8-9H2,1H3. The molecule has 0 aromatic carbocycles. The van der Waals surface area contributed by atoms with Gasteiger partial charge in [-0.2, -0.15) is 0 Å². The van der Waals surface area contributed by atoms with E-state index in [9.17, 15) is 0 Å². The molecule has 14 heavy (non-hydrogen) atoms. The molecule has 2 nitrogen and oxygen atoms in total. The highest BCUT2D eigenvalue weighted by molar-refractivity contribution is 7.09. The predicted octanol–water partition coefficient (Wildman–Crippen LogP) is 2.47. The molecule has 0 amide bonds. The highest BCUT2D eigenvalue weighted by Gasteiger charge is 2.33. The van der Waals surface area contributed by atoms with Crippen LogP contribution in [0.3, 0.4) is 0 Å². The van der Waals surface area contributed by atoms with Crippen molar-refractivity contribution in [2.75, 3.05) is 13.6 Å². The summed E-state index contributed by atoms with van der Waals surface area (Å²) in [6.07, 6.45) is 8.62. The van der Waals surface area contributed by atoms with E-state index < -0.39 is 0 Å². The summed E-state index contributed by atoms with van der Waals surface area (Å²) >= 11 is 1.80. The topological polar surface area (TPSA) is 24.9 Å². The van der Waals surface area contributed by atoms with Crippen molar-refractivity contribution < 1.29 is 0 Å². The van der Waals surface area contributed by atoms with Crippen molar-refractivity contribution in [3.63, 3.8) is 0 Å². The molecule has 3 heteroatoms. The molecule has 1 saturated carbocycles. The van der Waals surface area contributed by atoms with Crippen LogP contribution in [0.2, 0.25) is 0 Å². The van der Waals surface area contributed by atoms with Crippen molar-refractivity contribution in [3.8, 4) is 0 Å². The molecule has 1 fully saturated rings. The highest BCUT2D eigenvalue weighted by Crippen LogP contribution is 2.40. The van der Waals surface area contributed by atoms with E-state index in [0.717, 1.165) is 6.54 Å². The van der Waals surface area contributed by atoms with Gasteiger partial charge in [-0.3, -0.25) is 0 Å². The zero-order valence-electron chi connectivity index (χ0n) is 8.75. The maximum Gasteiger partial charge on any atom is 0.0930 e. The highest BCUT2D eigenvalue weighted by atomic mass is 32.1. The van der Waals surface area contributed by atoms with Gasteiger partial charge in [-0.1, -0.05) is 12.8 Å². The molecule has 0 saturated heterocycles. The van der Waals surface area contributed by atoms with E-state index in [0.29, 0.717) is 5.41 Å². The average Bonchev–Trinajstić information content (AvgIpc) is 2.78. The molecule has 2 rings (SSSR count). The van der Waals surface area contributed by atoms with E-state index in [1.165, 1.54) is 37.1 Å². The average molecular weight is 210 g/mol. The first-order valence-electron chi connectivity index (χ1n) is 5.38. The summed E-state index contributed by atoms with van der Waals surface area (Å²) < 4.78 is 0. The third-order valence-corrected chi connectivity index (χ3v) is 4.01. The first-order valence-corrected chi connectivity index (χ1v) is 6.26. The molecular formula is C11H18N2S. The lowest BCUT2D eigenvalue weighted by Crippen LogP contribution is -2.31. The van der Waals surface area contributed by atoms with Crippen LogP contribution in [0.5, 0.6) is 0 Å². The Balaban J connectivity index is 2.04. The van der Waals surface area contributed by atoms with Gasteiger partial charge in [0.05, 0.1) is 5.01 Å². The lowest BCUT2D eigenvalue weighted by atomic mass is 9.83. The van der Waals surface area contributed by atoms with Crippen molar-refractivity contribution in [1.29, 1.82) is 0 Å². The lowest BCUT2D eigenvalue weighted by Gasteiger charge is -2.27. The Hall–Kier alpha value is -0.410. The molecule has 1 heterocycles. The van der Waals surface area contributed by atoms with Crippen LogP contribution in [0.25, 0.3) is 0 Å². The summed E-state index contributed by atoms with van der Waals surface area (Å²) in [6, 6.07) is 0. The van der Waals surface area contributed by atoms with Crippen LogP contribution in [0, 0.1) is 5.41 Å². The summed E-state index contributed by atoms with van der Waals surface area (Å²) in [5, 5.41) is 6.73. The molecule has 1 aliphatic carbocycles. The summed E-state index contributed by atoms with van der Waals surface area (Å²) in [6.45, 7) is 1.15. The number of nitrogens with zero attached hydrogens (tertiary/aromatic N) is 1. The van der Waals surface area contributed by atoms with Gasteiger partial charge in [0.15, 0.2) is 0 Å². The van der Waals surface area contributed by atoms with E-state index in [-0.39, 0.29) is 0 Å². The molecule has 1 N–H and O–H groups in total. The van der Waals surface area contributed by atoms with E-state index in [1.54, 1.807) is 11.3 Å². The number of thiazole rings is 1. The van der Waals surface area contributed by atoms with E-state index in [4.69, 9.17) is 0 Å². The van der Waals surface area contributed by atoms with Crippen LogP contribution in [-0.2, 0) is 6.42 Å². The minimum absolute atomic E-state index is 0.507. The van der Waals surface area contributed by atoms with E-state index >= 15 is 0 Å². The first-order chi connectivity index (χ1) is 6.85. The van der Waals surface area contributed by atoms with Gasteiger partial charge in [0.25, 0.3) is 0 Å². The number of rotatable bonds is 4. The minimum atomic E-state index is 0.507. The molecule has 0 aliphatic heterocycles. The molecule has 0 radical (unpaired) electrons. The van der Waals surface area contributed by atoms with Crippen molar-refractivity contribution in [2.24, 2.45) is 5.41 Å². The second-order valence-electron chi connectivity index (χ2n) is 4.34. The fourth-order valence-electron chi connectivity index (χ4n) is 2.58. The van der Waals surface area contributed by atoms with Crippen LogP contribution in [0.4, 0.5) is 0 Å². The Morgan fingerprint density at radius 1 is 1.50 bits per heavy atom. The molecule has 0 unspecified atom stereocenters. The summed E-state index contributed by atoms with van der Waals surface area (Å²) in [5.41, 5.74) is 0.507. The summed E-state index contributed by atoms with van der Waals surface area (Å²) in [5.74, 6) is 0. The second kappa shape index (κ2) is 4.41. The van der Waals surface area contributed by atoms with Gasteiger partial charge in [-0.05, 0) is 25.3 Å². The molecule has 1 aromatic heterocycles. The van der Waals surface area contributed by atoms with Crippen LogP contribution in [0.1, 0.15) is 30.7 Å². The Morgan fingerprint density at radius 3 is 2.86 bits per heavy atom. The molecule has 1 aromatic rings. The lowest BCUT2D eigenvalue weighted by molar-refractivity contribution is 0.285. The molecular weight excluding hydrogens is 192 g/mol. The van der Waals surface area contributed by atoms with Gasteiger partial charge >= 0.3 is 0 Å². The van der Waals surface area contributed by atoms with Crippen molar-refractivity contribution in [3.05, 3.63) is 16.6 Å². The number of hydrogen-bond donors (Lipinski definition) is 1. The number of nitrogens with one attached hydrogen (secondary N) is 1. The van der Waals surface area contributed by atoms with Crippen LogP contribution < -0.4 is 5.32 Å². The van der Waals surface area contributed by atoms with Crippen LogP contribution >= 0.6 is 11.3 Å². The maximum absolute atomic E-state index is 4.40. The molecule has 0 bridgehead atoms. The Labute approximate surface area is 89.8 Å². The fourth-order valence-corrected chi connectivity index (χ4v) is 3.37. The van der Waals surface area contributed by atoms with Gasteiger partial charge in [0.1, 0.15) is 0 Å². The molecule has 0 atom stereocenters. The maximum atomic E-state index is 4.40. The summed E-state index contributed by atoms with van der Waals surface area (Å²) in [4.78, 5) is 4.40. The van der Waals surface area contributed by atoms with E-state index in [1.807, 2.05) is 6.20 Å².